The van der Waals surface area contributed by atoms with Crippen LogP contribution in [0.2, 0.25) is 0 Å². The molecule has 3 rings (SSSR count). The number of carbonyl (C=O) groups excluding carboxylic acids is 1. The van der Waals surface area contributed by atoms with E-state index in [2.05, 4.69) is 34.6 Å². The van der Waals surface area contributed by atoms with Crippen LogP contribution in [-0.4, -0.2) is 56.7 Å². The topological polar surface area (TPSA) is 116 Å². The van der Waals surface area contributed by atoms with Gasteiger partial charge >= 0.3 is 5.63 Å². The molecule has 0 saturated carbocycles. The number of hydrogen-bond donors (Lipinski definition) is 3. The van der Waals surface area contributed by atoms with Gasteiger partial charge in [0, 0.05) is 48.9 Å². The molecule has 9 heteroatoms. The SMILES string of the molecule is CCN(CC)c1ccc2cc(/C=N/NC(=O)c3ccc(CNCCOCCO)cc3)c(=O)oc2c1. The Hall–Kier alpha value is -3.53. The van der Waals surface area contributed by atoms with E-state index in [4.69, 9.17) is 14.3 Å². The molecule has 1 aromatic heterocycles. The van der Waals surface area contributed by atoms with Crippen LogP contribution < -0.4 is 21.3 Å². The lowest BCUT2D eigenvalue weighted by Gasteiger charge is -2.20. The molecule has 186 valence electrons. The van der Waals surface area contributed by atoms with Crippen molar-refractivity contribution in [2.45, 2.75) is 20.4 Å². The summed E-state index contributed by atoms with van der Waals surface area (Å²) >= 11 is 0. The maximum absolute atomic E-state index is 12.4. The summed E-state index contributed by atoms with van der Waals surface area (Å²) in [6, 6.07) is 14.6. The summed E-state index contributed by atoms with van der Waals surface area (Å²) in [6.07, 6.45) is 1.29. The number of rotatable bonds is 13. The minimum atomic E-state index is -0.522. The first-order valence-electron chi connectivity index (χ1n) is 11.7. The first kappa shape index (κ1) is 26.1. The van der Waals surface area contributed by atoms with Crippen LogP contribution in [0, 0.1) is 0 Å². The highest BCUT2D eigenvalue weighted by atomic mass is 16.5. The van der Waals surface area contributed by atoms with Crippen molar-refractivity contribution >= 4 is 28.8 Å². The van der Waals surface area contributed by atoms with Gasteiger partial charge < -0.3 is 24.5 Å². The summed E-state index contributed by atoms with van der Waals surface area (Å²) < 4.78 is 10.7. The van der Waals surface area contributed by atoms with Crippen molar-refractivity contribution in [1.29, 1.82) is 0 Å². The van der Waals surface area contributed by atoms with Crippen LogP contribution in [-0.2, 0) is 11.3 Å². The summed E-state index contributed by atoms with van der Waals surface area (Å²) in [5.41, 5.74) is 5.14. The number of ether oxygens (including phenoxy) is 1. The molecule has 35 heavy (non-hydrogen) atoms. The van der Waals surface area contributed by atoms with Gasteiger partial charge in [-0.15, -0.1) is 0 Å². The number of nitrogens with zero attached hydrogens (tertiary/aromatic N) is 2. The Kier molecular flexibility index (Phi) is 9.97. The third kappa shape index (κ3) is 7.48. The molecule has 0 saturated heterocycles. The fourth-order valence-corrected chi connectivity index (χ4v) is 3.53. The van der Waals surface area contributed by atoms with Gasteiger partial charge in [0.2, 0.25) is 0 Å². The second-order valence-electron chi connectivity index (χ2n) is 7.79. The molecule has 0 aliphatic heterocycles. The number of aliphatic hydroxyl groups is 1. The summed E-state index contributed by atoms with van der Waals surface area (Å²) in [4.78, 5) is 26.9. The summed E-state index contributed by atoms with van der Waals surface area (Å²) in [5, 5.41) is 16.6. The van der Waals surface area contributed by atoms with Crippen LogP contribution in [0.5, 0.6) is 0 Å². The number of nitrogens with one attached hydrogen (secondary N) is 2. The first-order chi connectivity index (χ1) is 17.0. The standard InChI is InChI=1S/C26H32N4O5/c1-3-30(4-2)23-10-9-21-15-22(26(33)35-24(21)16-23)18-28-29-25(32)20-7-5-19(6-8-20)17-27-11-13-34-14-12-31/h5-10,15-16,18,27,31H,3-4,11-14,17H2,1-2H3,(H,29,32)/b28-18+. The van der Waals surface area contributed by atoms with Crippen molar-refractivity contribution in [2.75, 3.05) is 44.4 Å². The highest BCUT2D eigenvalue weighted by Crippen LogP contribution is 2.21. The van der Waals surface area contributed by atoms with Gasteiger partial charge in [0.1, 0.15) is 5.58 Å². The zero-order valence-electron chi connectivity index (χ0n) is 20.1. The fourth-order valence-electron chi connectivity index (χ4n) is 3.53. The summed E-state index contributed by atoms with van der Waals surface area (Å²) in [6.45, 7) is 8.03. The smallest absolute Gasteiger partial charge is 0.345 e. The lowest BCUT2D eigenvalue weighted by atomic mass is 10.1. The zero-order valence-corrected chi connectivity index (χ0v) is 20.1. The van der Waals surface area contributed by atoms with Gasteiger partial charge in [-0.3, -0.25) is 4.79 Å². The summed E-state index contributed by atoms with van der Waals surface area (Å²) in [7, 11) is 0. The monoisotopic (exact) mass is 480 g/mol. The predicted octanol–water partition coefficient (Wildman–Crippen LogP) is 2.50. The van der Waals surface area contributed by atoms with Crippen molar-refractivity contribution in [3.05, 3.63) is 75.6 Å². The maximum Gasteiger partial charge on any atom is 0.345 e. The van der Waals surface area contributed by atoms with E-state index in [1.54, 1.807) is 18.2 Å². The van der Waals surface area contributed by atoms with Gasteiger partial charge in [-0.25, -0.2) is 10.2 Å². The van der Waals surface area contributed by atoms with Crippen molar-refractivity contribution < 1.29 is 19.1 Å². The van der Waals surface area contributed by atoms with Gasteiger partial charge in [-0.05, 0) is 49.7 Å². The molecule has 0 aliphatic carbocycles. The molecule has 0 aliphatic rings. The Labute approximate surface area is 204 Å². The third-order valence-corrected chi connectivity index (χ3v) is 5.45. The van der Waals surface area contributed by atoms with Crippen molar-refractivity contribution in [1.82, 2.24) is 10.7 Å². The molecule has 1 amide bonds. The Morgan fingerprint density at radius 2 is 1.89 bits per heavy atom. The van der Waals surface area contributed by atoms with Crippen LogP contribution in [0.3, 0.4) is 0 Å². The average Bonchev–Trinajstić information content (AvgIpc) is 2.87. The molecule has 3 aromatic rings. The molecule has 3 N–H and O–H groups in total. The first-order valence-corrected chi connectivity index (χ1v) is 11.7. The van der Waals surface area contributed by atoms with Gasteiger partial charge in [0.25, 0.3) is 5.91 Å². The highest BCUT2D eigenvalue weighted by molar-refractivity contribution is 5.95. The largest absolute Gasteiger partial charge is 0.422 e. The number of benzene rings is 2. The van der Waals surface area contributed by atoms with Crippen LogP contribution in [0.15, 0.2) is 62.8 Å². The molecule has 0 unspecified atom stereocenters. The van der Waals surface area contributed by atoms with E-state index in [1.165, 1.54) is 6.21 Å². The molecular weight excluding hydrogens is 448 g/mol. The second-order valence-corrected chi connectivity index (χ2v) is 7.79. The van der Waals surface area contributed by atoms with Crippen molar-refractivity contribution in [3.8, 4) is 0 Å². The molecule has 2 aromatic carbocycles. The average molecular weight is 481 g/mol. The Morgan fingerprint density at radius 3 is 2.60 bits per heavy atom. The molecule has 1 heterocycles. The number of amides is 1. The van der Waals surface area contributed by atoms with E-state index in [1.807, 2.05) is 30.3 Å². The Balaban J connectivity index is 1.56. The molecular formula is C26H32N4O5. The van der Waals surface area contributed by atoms with Crippen LogP contribution >= 0.6 is 0 Å². The van der Waals surface area contributed by atoms with E-state index in [0.29, 0.717) is 37.4 Å². The van der Waals surface area contributed by atoms with Crippen molar-refractivity contribution in [3.63, 3.8) is 0 Å². The van der Waals surface area contributed by atoms with Gasteiger partial charge in [0.05, 0.1) is 31.6 Å². The molecule has 0 spiro atoms. The minimum Gasteiger partial charge on any atom is -0.422 e. The fraction of sp³-hybridized carbons (Fsp3) is 0.346. The molecule has 9 nitrogen and oxygen atoms in total. The number of fused-ring (bicyclic) bond motifs is 1. The number of carbonyl (C=O) groups is 1. The van der Waals surface area contributed by atoms with E-state index in [0.717, 1.165) is 29.7 Å². The van der Waals surface area contributed by atoms with Gasteiger partial charge in [-0.2, -0.15) is 5.10 Å². The molecule has 0 fully saturated rings. The lowest BCUT2D eigenvalue weighted by molar-refractivity contribution is 0.0938. The van der Waals surface area contributed by atoms with Gasteiger partial charge in [0.15, 0.2) is 0 Å². The maximum atomic E-state index is 12.4. The normalized spacial score (nSPS) is 11.3. The van der Waals surface area contributed by atoms with E-state index >= 15 is 0 Å². The number of anilines is 1. The molecule has 0 radical (unpaired) electrons. The Morgan fingerprint density at radius 1 is 1.11 bits per heavy atom. The van der Waals surface area contributed by atoms with E-state index in [9.17, 15) is 9.59 Å². The lowest BCUT2D eigenvalue weighted by Crippen LogP contribution is -2.21. The van der Waals surface area contributed by atoms with Crippen LogP contribution in [0.25, 0.3) is 11.0 Å². The van der Waals surface area contributed by atoms with E-state index in [-0.39, 0.29) is 18.1 Å². The van der Waals surface area contributed by atoms with E-state index < -0.39 is 5.63 Å². The summed E-state index contributed by atoms with van der Waals surface area (Å²) in [5.74, 6) is -0.382. The predicted molar refractivity (Wildman–Crippen MR) is 137 cm³/mol. The second kappa shape index (κ2) is 13.4. The molecule has 0 atom stereocenters. The van der Waals surface area contributed by atoms with Gasteiger partial charge in [-0.1, -0.05) is 12.1 Å². The zero-order chi connectivity index (χ0) is 25.0. The third-order valence-electron chi connectivity index (χ3n) is 5.45. The number of aliphatic hydroxyl groups excluding tert-OH is 1. The number of hydrazone groups is 1. The quantitative estimate of drug-likeness (QED) is 0.149. The highest BCUT2D eigenvalue weighted by Gasteiger charge is 2.08. The van der Waals surface area contributed by atoms with Crippen LogP contribution in [0.1, 0.15) is 35.3 Å². The Bertz CT molecular complexity index is 1190. The minimum absolute atomic E-state index is 0.0151. The number of hydrogen-bond acceptors (Lipinski definition) is 8. The van der Waals surface area contributed by atoms with Crippen molar-refractivity contribution in [2.24, 2.45) is 5.10 Å². The van der Waals surface area contributed by atoms with Crippen LogP contribution in [0.4, 0.5) is 5.69 Å². The molecule has 0 bridgehead atoms.